The van der Waals surface area contributed by atoms with Gasteiger partial charge in [-0.2, -0.15) is 0 Å². The first-order valence-corrected chi connectivity index (χ1v) is 6.92. The lowest BCUT2D eigenvalue weighted by Crippen LogP contribution is -2.16. The number of hydrogen-bond acceptors (Lipinski definition) is 3. The van der Waals surface area contributed by atoms with Crippen LogP contribution in [0.15, 0.2) is 48.5 Å². The summed E-state index contributed by atoms with van der Waals surface area (Å²) in [6, 6.07) is 15.5. The summed E-state index contributed by atoms with van der Waals surface area (Å²) < 4.78 is 0. The van der Waals surface area contributed by atoms with Gasteiger partial charge in [0.15, 0.2) is 0 Å². The fourth-order valence-electron chi connectivity index (χ4n) is 2.28. The Kier molecular flexibility index (Phi) is 4.95. The van der Waals surface area contributed by atoms with Crippen molar-refractivity contribution in [2.24, 2.45) is 5.73 Å². The van der Waals surface area contributed by atoms with Crippen molar-refractivity contribution < 1.29 is 9.90 Å². The van der Waals surface area contributed by atoms with Gasteiger partial charge in [-0.15, -0.1) is 0 Å². The molecule has 0 saturated carbocycles. The highest BCUT2D eigenvalue weighted by molar-refractivity contribution is 5.78. The highest BCUT2D eigenvalue weighted by atomic mass is 16.3. The van der Waals surface area contributed by atoms with E-state index in [1.165, 1.54) is 0 Å². The van der Waals surface area contributed by atoms with Crippen LogP contribution in [0.2, 0.25) is 0 Å². The third kappa shape index (κ3) is 4.07. The second-order valence-electron chi connectivity index (χ2n) is 5.07. The quantitative estimate of drug-likeness (QED) is 0.762. The Hall–Kier alpha value is -2.33. The number of carbonyl (C=O) groups excluding carboxylic acids is 1. The number of carbonyl (C=O) groups is 1. The fraction of sp³-hybridized carbons (Fsp3) is 0.235. The van der Waals surface area contributed by atoms with Crippen molar-refractivity contribution in [1.82, 2.24) is 0 Å². The molecule has 0 aliphatic rings. The summed E-state index contributed by atoms with van der Waals surface area (Å²) in [5.74, 6) is -0.348. The van der Waals surface area contributed by atoms with Gasteiger partial charge >= 0.3 is 0 Å². The van der Waals surface area contributed by atoms with Crippen molar-refractivity contribution in [3.8, 4) is 0 Å². The van der Waals surface area contributed by atoms with Crippen molar-refractivity contribution in [3.63, 3.8) is 0 Å². The number of amides is 1. The van der Waals surface area contributed by atoms with Crippen LogP contribution in [-0.2, 0) is 17.8 Å². The second-order valence-corrected chi connectivity index (χ2v) is 5.07. The molecule has 0 aromatic heterocycles. The minimum Gasteiger partial charge on any atom is -0.392 e. The molecule has 0 saturated heterocycles. The van der Waals surface area contributed by atoms with Gasteiger partial charge in [-0.3, -0.25) is 4.79 Å². The van der Waals surface area contributed by atoms with Crippen molar-refractivity contribution >= 4 is 11.6 Å². The minimum absolute atomic E-state index is 0.0266. The van der Waals surface area contributed by atoms with E-state index >= 15 is 0 Å². The summed E-state index contributed by atoms with van der Waals surface area (Å²) in [6.45, 7) is 2.07. The molecule has 1 atom stereocenters. The number of nitrogens with one attached hydrogen (secondary N) is 1. The van der Waals surface area contributed by atoms with Gasteiger partial charge in [-0.1, -0.05) is 42.5 Å². The zero-order valence-corrected chi connectivity index (χ0v) is 12.0. The number of para-hydroxylation sites is 1. The maximum atomic E-state index is 11.1. The average Bonchev–Trinajstić information content (AvgIpc) is 2.48. The molecule has 0 heterocycles. The Labute approximate surface area is 124 Å². The summed E-state index contributed by atoms with van der Waals surface area (Å²) in [5, 5.41) is 12.6. The molecule has 4 N–H and O–H groups in total. The molecular formula is C17H20N2O2. The predicted molar refractivity (Wildman–Crippen MR) is 83.7 cm³/mol. The molecule has 1 unspecified atom stereocenters. The monoisotopic (exact) mass is 284 g/mol. The molecule has 2 rings (SSSR count). The van der Waals surface area contributed by atoms with Crippen LogP contribution in [0.4, 0.5) is 5.69 Å². The number of aliphatic hydroxyl groups excluding tert-OH is 1. The molecule has 0 aliphatic carbocycles. The Morgan fingerprint density at radius 3 is 2.71 bits per heavy atom. The molecule has 2 aromatic rings. The summed E-state index contributed by atoms with van der Waals surface area (Å²) in [4.78, 5) is 11.1. The van der Waals surface area contributed by atoms with Crippen LogP contribution >= 0.6 is 0 Å². The highest BCUT2D eigenvalue weighted by Gasteiger charge is 2.10. The zero-order chi connectivity index (χ0) is 15.2. The van der Waals surface area contributed by atoms with E-state index in [0.29, 0.717) is 0 Å². The molecule has 0 bridgehead atoms. The molecule has 0 spiro atoms. The molecule has 110 valence electrons. The van der Waals surface area contributed by atoms with Gasteiger partial charge in [0.05, 0.1) is 13.0 Å². The lowest BCUT2D eigenvalue weighted by molar-refractivity contribution is -0.117. The first kappa shape index (κ1) is 15.1. The molecule has 1 amide bonds. The standard InChI is InChI=1S/C17H20N2O2/c1-12(14-7-4-5-13(9-14)11-20)19-16-8-3-2-6-15(16)10-17(18)21/h2-9,12,19-20H,10-11H2,1H3,(H2,18,21). The van der Waals surface area contributed by atoms with E-state index in [4.69, 9.17) is 5.73 Å². The molecule has 0 radical (unpaired) electrons. The van der Waals surface area contributed by atoms with Gasteiger partial charge in [-0.05, 0) is 29.7 Å². The van der Waals surface area contributed by atoms with E-state index in [0.717, 1.165) is 22.4 Å². The predicted octanol–water partition coefficient (Wildman–Crippen LogP) is 2.38. The van der Waals surface area contributed by atoms with Crippen LogP contribution < -0.4 is 11.1 Å². The van der Waals surface area contributed by atoms with Gasteiger partial charge in [0.25, 0.3) is 0 Å². The number of primary amides is 1. The van der Waals surface area contributed by atoms with E-state index in [1.54, 1.807) is 0 Å². The number of nitrogens with two attached hydrogens (primary N) is 1. The number of hydrogen-bond donors (Lipinski definition) is 3. The lowest BCUT2D eigenvalue weighted by atomic mass is 10.0. The fourth-order valence-corrected chi connectivity index (χ4v) is 2.28. The van der Waals surface area contributed by atoms with Crippen LogP contribution in [0.1, 0.15) is 29.7 Å². The SMILES string of the molecule is CC(Nc1ccccc1CC(N)=O)c1cccc(CO)c1. The molecule has 0 fully saturated rings. The van der Waals surface area contributed by atoms with Gasteiger partial charge in [0.1, 0.15) is 0 Å². The largest absolute Gasteiger partial charge is 0.392 e. The Balaban J connectivity index is 2.19. The minimum atomic E-state index is -0.348. The van der Waals surface area contributed by atoms with E-state index in [2.05, 4.69) is 5.32 Å². The van der Waals surface area contributed by atoms with Crippen molar-refractivity contribution in [3.05, 3.63) is 65.2 Å². The molecule has 21 heavy (non-hydrogen) atoms. The summed E-state index contributed by atoms with van der Waals surface area (Å²) in [7, 11) is 0. The number of aliphatic hydroxyl groups is 1. The van der Waals surface area contributed by atoms with E-state index in [1.807, 2.05) is 55.5 Å². The van der Waals surface area contributed by atoms with Crippen LogP contribution in [0.3, 0.4) is 0 Å². The number of benzene rings is 2. The van der Waals surface area contributed by atoms with Crippen LogP contribution in [-0.4, -0.2) is 11.0 Å². The van der Waals surface area contributed by atoms with Crippen LogP contribution in [0.5, 0.6) is 0 Å². The topological polar surface area (TPSA) is 75.3 Å². The second kappa shape index (κ2) is 6.90. The highest BCUT2D eigenvalue weighted by Crippen LogP contribution is 2.23. The summed E-state index contributed by atoms with van der Waals surface area (Å²) in [5.41, 5.74) is 9.02. The Morgan fingerprint density at radius 2 is 2.00 bits per heavy atom. The number of anilines is 1. The third-order valence-corrected chi connectivity index (χ3v) is 3.39. The van der Waals surface area contributed by atoms with E-state index < -0.39 is 0 Å². The maximum absolute atomic E-state index is 11.1. The average molecular weight is 284 g/mol. The maximum Gasteiger partial charge on any atom is 0.221 e. The molecule has 4 nitrogen and oxygen atoms in total. The smallest absolute Gasteiger partial charge is 0.221 e. The van der Waals surface area contributed by atoms with Crippen molar-refractivity contribution in [1.29, 1.82) is 0 Å². The molecular weight excluding hydrogens is 264 g/mol. The first-order valence-electron chi connectivity index (χ1n) is 6.92. The van der Waals surface area contributed by atoms with Crippen molar-refractivity contribution in [2.75, 3.05) is 5.32 Å². The van der Waals surface area contributed by atoms with Gasteiger partial charge in [0, 0.05) is 11.7 Å². The van der Waals surface area contributed by atoms with Crippen LogP contribution in [0.25, 0.3) is 0 Å². The Bertz CT molecular complexity index is 626. The normalized spacial score (nSPS) is 11.9. The first-order chi connectivity index (χ1) is 10.1. The number of rotatable bonds is 6. The van der Waals surface area contributed by atoms with E-state index in [9.17, 15) is 9.90 Å². The molecule has 4 heteroatoms. The van der Waals surface area contributed by atoms with Crippen molar-refractivity contribution in [2.45, 2.75) is 26.0 Å². The Morgan fingerprint density at radius 1 is 1.24 bits per heavy atom. The van der Waals surface area contributed by atoms with E-state index in [-0.39, 0.29) is 25.0 Å². The van der Waals surface area contributed by atoms with Gasteiger partial charge in [0.2, 0.25) is 5.91 Å². The van der Waals surface area contributed by atoms with Gasteiger partial charge in [-0.25, -0.2) is 0 Å². The lowest BCUT2D eigenvalue weighted by Gasteiger charge is -2.18. The van der Waals surface area contributed by atoms with Crippen LogP contribution in [0, 0.1) is 0 Å². The molecule has 0 aliphatic heterocycles. The summed E-state index contributed by atoms with van der Waals surface area (Å²) >= 11 is 0. The third-order valence-electron chi connectivity index (χ3n) is 3.39. The summed E-state index contributed by atoms with van der Waals surface area (Å²) in [6.07, 6.45) is 0.215. The van der Waals surface area contributed by atoms with Gasteiger partial charge < -0.3 is 16.2 Å². The molecule has 2 aromatic carbocycles. The zero-order valence-electron chi connectivity index (χ0n) is 12.0.